The molecule has 1 aliphatic heterocycles. The maximum atomic E-state index is 13.6. The highest BCUT2D eigenvalue weighted by Crippen LogP contribution is 2.66. The second kappa shape index (κ2) is 5.90. The Kier molecular flexibility index (Phi) is 3.49. The summed E-state index contributed by atoms with van der Waals surface area (Å²) in [6.07, 6.45) is 0. The second-order valence-corrected chi connectivity index (χ2v) is 9.37. The monoisotopic (exact) mass is 443 g/mol. The van der Waals surface area contributed by atoms with Gasteiger partial charge in [-0.2, -0.15) is 0 Å². The largest absolute Gasteiger partial charge is 0.278 e. The molecule has 142 valence electrons. The molecule has 2 bridgehead atoms. The fourth-order valence-electron chi connectivity index (χ4n) is 5.66. The van der Waals surface area contributed by atoms with Crippen molar-refractivity contribution < 1.29 is 9.59 Å². The zero-order valence-corrected chi connectivity index (χ0v) is 17.2. The molecule has 3 aromatic rings. The van der Waals surface area contributed by atoms with E-state index in [0.29, 0.717) is 6.54 Å². The van der Waals surface area contributed by atoms with Crippen LogP contribution in [0.2, 0.25) is 0 Å². The number of halogens is 1. The zero-order chi connectivity index (χ0) is 19.8. The predicted molar refractivity (Wildman–Crippen MR) is 113 cm³/mol. The molecule has 29 heavy (non-hydrogen) atoms. The Labute approximate surface area is 177 Å². The van der Waals surface area contributed by atoms with Crippen LogP contribution in [0.15, 0.2) is 78.9 Å². The quantitative estimate of drug-likeness (QED) is 0.429. The standard InChI is InChI=1S/C25H18BrNO2/c26-25-18-12-6-4-10-16(18)20(17-11-5-7-13-19(17)25)21-22(25)24(29)27(23(21)28)14-15-8-2-1-3-9-15/h1-13,20-22H,14H2/t20?,21-,22+,25?/m0/s1. The summed E-state index contributed by atoms with van der Waals surface area (Å²) in [5, 5.41) is 0. The average Bonchev–Trinajstić information content (AvgIpc) is 3.01. The number of alkyl halides is 1. The van der Waals surface area contributed by atoms with Gasteiger partial charge in [0, 0.05) is 5.92 Å². The van der Waals surface area contributed by atoms with Gasteiger partial charge in [-0.05, 0) is 27.8 Å². The molecule has 0 saturated carbocycles. The zero-order valence-electron chi connectivity index (χ0n) is 15.6. The molecule has 0 spiro atoms. The van der Waals surface area contributed by atoms with Crippen LogP contribution < -0.4 is 0 Å². The van der Waals surface area contributed by atoms with Gasteiger partial charge >= 0.3 is 0 Å². The molecular formula is C25H18BrNO2. The molecule has 0 radical (unpaired) electrons. The third-order valence-corrected chi connectivity index (χ3v) is 8.14. The highest BCUT2D eigenvalue weighted by Gasteiger charge is 2.67. The first kappa shape index (κ1) is 17.2. The van der Waals surface area contributed by atoms with Gasteiger partial charge in [0.1, 0.15) is 0 Å². The number of carbonyl (C=O) groups is 2. The lowest BCUT2D eigenvalue weighted by molar-refractivity contribution is -0.140. The van der Waals surface area contributed by atoms with Crippen LogP contribution in [0.3, 0.4) is 0 Å². The fraction of sp³-hybridized carbons (Fsp3) is 0.200. The number of carbonyl (C=O) groups excluding carboxylic acids is 2. The first-order chi connectivity index (χ1) is 14.1. The Morgan fingerprint density at radius 3 is 1.93 bits per heavy atom. The van der Waals surface area contributed by atoms with Crippen molar-refractivity contribution in [2.75, 3.05) is 0 Å². The van der Waals surface area contributed by atoms with E-state index in [4.69, 9.17) is 0 Å². The van der Waals surface area contributed by atoms with Crippen molar-refractivity contribution in [2.45, 2.75) is 16.8 Å². The summed E-state index contributed by atoms with van der Waals surface area (Å²) in [4.78, 5) is 28.7. The van der Waals surface area contributed by atoms with Crippen LogP contribution in [0, 0.1) is 11.8 Å². The van der Waals surface area contributed by atoms with Crippen molar-refractivity contribution in [3.05, 3.63) is 107 Å². The van der Waals surface area contributed by atoms with Gasteiger partial charge in [0.25, 0.3) is 0 Å². The molecular weight excluding hydrogens is 426 g/mol. The van der Waals surface area contributed by atoms with Gasteiger partial charge in [0.05, 0.1) is 22.7 Å². The molecule has 1 saturated heterocycles. The number of imide groups is 1. The van der Waals surface area contributed by atoms with Gasteiger partial charge in [-0.15, -0.1) is 0 Å². The Hall–Kier alpha value is -2.72. The third-order valence-electron chi connectivity index (χ3n) is 6.79. The molecule has 3 aromatic carbocycles. The average molecular weight is 444 g/mol. The second-order valence-electron chi connectivity index (χ2n) is 8.12. The number of hydrogen-bond donors (Lipinski definition) is 0. The van der Waals surface area contributed by atoms with Gasteiger partial charge < -0.3 is 0 Å². The normalized spacial score (nSPS) is 28.9. The maximum Gasteiger partial charge on any atom is 0.235 e. The minimum atomic E-state index is -0.669. The summed E-state index contributed by atoms with van der Waals surface area (Å²) < 4.78 is -0.669. The molecule has 3 nitrogen and oxygen atoms in total. The van der Waals surface area contributed by atoms with E-state index in [1.165, 1.54) is 4.90 Å². The molecule has 3 aliphatic carbocycles. The molecule has 7 rings (SSSR count). The highest BCUT2D eigenvalue weighted by molar-refractivity contribution is 9.09. The highest BCUT2D eigenvalue weighted by atomic mass is 79.9. The summed E-state index contributed by atoms with van der Waals surface area (Å²) in [5.74, 6) is -0.996. The van der Waals surface area contributed by atoms with Gasteiger partial charge in [-0.25, -0.2) is 0 Å². The molecule has 0 unspecified atom stereocenters. The Balaban J connectivity index is 1.55. The number of likely N-dealkylation sites (tertiary alicyclic amines) is 1. The first-order valence-electron chi connectivity index (χ1n) is 9.89. The molecule has 0 N–H and O–H groups in total. The van der Waals surface area contributed by atoms with E-state index in [9.17, 15) is 9.59 Å². The molecule has 4 heteroatoms. The van der Waals surface area contributed by atoms with E-state index in [2.05, 4.69) is 40.2 Å². The number of rotatable bonds is 2. The minimum Gasteiger partial charge on any atom is -0.278 e. The van der Waals surface area contributed by atoms with E-state index in [-0.39, 0.29) is 23.7 Å². The van der Waals surface area contributed by atoms with Crippen molar-refractivity contribution in [3.63, 3.8) is 0 Å². The van der Waals surface area contributed by atoms with E-state index in [1.807, 2.05) is 54.6 Å². The SMILES string of the molecule is O=C1[C@H]2C3c4ccccc4C(Br)(c4ccccc43)[C@H]2C(=O)N1Cc1ccccc1. The molecule has 2 amide bonds. The van der Waals surface area contributed by atoms with E-state index in [1.54, 1.807) is 0 Å². The summed E-state index contributed by atoms with van der Waals surface area (Å²) >= 11 is 4.02. The summed E-state index contributed by atoms with van der Waals surface area (Å²) in [5.41, 5.74) is 5.53. The van der Waals surface area contributed by atoms with Crippen LogP contribution in [-0.4, -0.2) is 16.7 Å². The summed E-state index contributed by atoms with van der Waals surface area (Å²) in [6.45, 7) is 0.327. The lowest BCUT2D eigenvalue weighted by Gasteiger charge is -2.51. The maximum absolute atomic E-state index is 13.6. The minimum absolute atomic E-state index is 0.0540. The number of hydrogen-bond acceptors (Lipinski definition) is 2. The van der Waals surface area contributed by atoms with Crippen molar-refractivity contribution in [1.29, 1.82) is 0 Å². The summed E-state index contributed by atoms with van der Waals surface area (Å²) in [7, 11) is 0. The van der Waals surface area contributed by atoms with Crippen LogP contribution in [0.5, 0.6) is 0 Å². The van der Waals surface area contributed by atoms with Crippen LogP contribution >= 0.6 is 15.9 Å². The molecule has 0 aromatic heterocycles. The van der Waals surface area contributed by atoms with Crippen molar-refractivity contribution in [1.82, 2.24) is 4.90 Å². The van der Waals surface area contributed by atoms with Crippen molar-refractivity contribution >= 4 is 27.7 Å². The summed E-state index contributed by atoms with van der Waals surface area (Å²) in [6, 6.07) is 26.2. The number of amides is 2. The smallest absolute Gasteiger partial charge is 0.235 e. The third kappa shape index (κ3) is 2.07. The van der Waals surface area contributed by atoms with Crippen LogP contribution in [0.4, 0.5) is 0 Å². The number of benzene rings is 3. The predicted octanol–water partition coefficient (Wildman–Crippen LogP) is 4.59. The number of nitrogens with zero attached hydrogens (tertiary/aromatic N) is 1. The van der Waals surface area contributed by atoms with E-state index in [0.717, 1.165) is 27.8 Å². The van der Waals surface area contributed by atoms with Gasteiger partial charge in [-0.1, -0.05) is 94.8 Å². The first-order valence-corrected chi connectivity index (χ1v) is 10.7. The van der Waals surface area contributed by atoms with Gasteiger partial charge in [0.2, 0.25) is 11.8 Å². The lowest BCUT2D eigenvalue weighted by atomic mass is 9.55. The van der Waals surface area contributed by atoms with E-state index < -0.39 is 10.2 Å². The topological polar surface area (TPSA) is 37.4 Å². The Bertz CT molecular complexity index is 1120. The Morgan fingerprint density at radius 1 is 0.759 bits per heavy atom. The van der Waals surface area contributed by atoms with Crippen LogP contribution in [-0.2, 0) is 20.5 Å². The Morgan fingerprint density at radius 2 is 1.31 bits per heavy atom. The molecule has 1 fully saturated rings. The van der Waals surface area contributed by atoms with Crippen molar-refractivity contribution in [2.24, 2.45) is 11.8 Å². The van der Waals surface area contributed by atoms with Gasteiger partial charge in [-0.3, -0.25) is 14.5 Å². The van der Waals surface area contributed by atoms with Crippen LogP contribution in [0.25, 0.3) is 0 Å². The van der Waals surface area contributed by atoms with Crippen molar-refractivity contribution in [3.8, 4) is 0 Å². The fourth-order valence-corrected chi connectivity index (χ4v) is 6.86. The van der Waals surface area contributed by atoms with E-state index >= 15 is 0 Å². The lowest BCUT2D eigenvalue weighted by Crippen LogP contribution is -2.50. The van der Waals surface area contributed by atoms with Crippen LogP contribution in [0.1, 0.15) is 33.7 Å². The molecule has 1 heterocycles. The molecule has 4 aliphatic rings. The van der Waals surface area contributed by atoms with Gasteiger partial charge in [0.15, 0.2) is 0 Å². The molecule has 2 atom stereocenters.